The maximum atomic E-state index is 14.1. The second-order valence-electron chi connectivity index (χ2n) is 3.95. The molecular formula is C9H9F2IN2O5. The van der Waals surface area contributed by atoms with Gasteiger partial charge in [0.15, 0.2) is 22.6 Å². The van der Waals surface area contributed by atoms with Gasteiger partial charge in [-0.15, -0.1) is 0 Å². The molecule has 1 aliphatic heterocycles. The summed E-state index contributed by atoms with van der Waals surface area (Å²) in [6.07, 6.45) is -5.41. The first-order valence-electron chi connectivity index (χ1n) is 5.10. The molecule has 2 rings (SSSR count). The number of hydrogen-bond acceptors (Lipinski definition) is 5. The number of aliphatic hydroxyl groups excluding tert-OH is 2. The summed E-state index contributed by atoms with van der Waals surface area (Å²) in [5, 5.41) is 18.6. The second-order valence-corrected chi connectivity index (χ2v) is 5.13. The number of aromatic amines is 1. The molecule has 0 radical (unpaired) electrons. The highest BCUT2D eigenvalue weighted by Gasteiger charge is 2.60. The number of rotatable bonds is 2. The summed E-state index contributed by atoms with van der Waals surface area (Å²) >= 11 is 1.21. The van der Waals surface area contributed by atoms with Gasteiger partial charge in [0.2, 0.25) is 0 Å². The van der Waals surface area contributed by atoms with Crippen molar-refractivity contribution in [2.24, 2.45) is 0 Å². The molecule has 1 unspecified atom stereocenters. The third-order valence-corrected chi connectivity index (χ3v) is 3.58. The topological polar surface area (TPSA) is 105 Å². The molecule has 1 aliphatic rings. The van der Waals surface area contributed by atoms with Gasteiger partial charge in [-0.05, 0) is 22.6 Å². The van der Waals surface area contributed by atoms with E-state index in [1.54, 1.807) is 0 Å². The number of alkyl halides is 3. The van der Waals surface area contributed by atoms with Gasteiger partial charge in [-0.3, -0.25) is 14.3 Å². The molecule has 0 amide bonds. The maximum Gasteiger partial charge on any atom is 0.330 e. The minimum atomic E-state index is -3.04. The Bertz CT molecular complexity index is 590. The van der Waals surface area contributed by atoms with Crippen LogP contribution in [0.25, 0.3) is 0 Å². The van der Waals surface area contributed by atoms with Crippen molar-refractivity contribution in [2.45, 2.75) is 28.5 Å². The van der Waals surface area contributed by atoms with E-state index in [0.717, 1.165) is 12.3 Å². The van der Waals surface area contributed by atoms with Gasteiger partial charge in [-0.1, -0.05) is 0 Å². The largest absolute Gasteiger partial charge is 0.384 e. The number of ether oxygens (including phenoxy) is 1. The van der Waals surface area contributed by atoms with Crippen molar-refractivity contribution in [3.8, 4) is 0 Å². The lowest BCUT2D eigenvalue weighted by atomic mass is 10.1. The molecular weight excluding hydrogens is 381 g/mol. The van der Waals surface area contributed by atoms with Crippen LogP contribution in [0.5, 0.6) is 0 Å². The van der Waals surface area contributed by atoms with Crippen LogP contribution in [0.1, 0.15) is 6.23 Å². The zero-order valence-corrected chi connectivity index (χ0v) is 11.3. The summed E-state index contributed by atoms with van der Waals surface area (Å²) in [5.41, 5.74) is -1.73. The number of halogens is 3. The third-order valence-electron chi connectivity index (χ3n) is 2.73. The number of H-pyrrole nitrogens is 1. The average molecular weight is 390 g/mol. The predicted molar refractivity (Wildman–Crippen MR) is 66.2 cm³/mol. The molecule has 0 bridgehead atoms. The standard InChI is InChI=1S/C9H9F2IN2O5/c10-4-5(16)9(11,7(12)17)19-6(4)14-2-1-3(15)13-8(14)18/h1-2,4-7,16-17H,(H,13,15,18)/t4-,5-,6+,7?,9-/m0/s1. The third kappa shape index (κ3) is 2.32. The van der Waals surface area contributed by atoms with Crippen molar-refractivity contribution in [2.75, 3.05) is 0 Å². The van der Waals surface area contributed by atoms with Gasteiger partial charge in [0.25, 0.3) is 11.4 Å². The average Bonchev–Trinajstić information content (AvgIpc) is 2.55. The lowest BCUT2D eigenvalue weighted by Crippen LogP contribution is -2.45. The Morgan fingerprint density at radius 3 is 2.68 bits per heavy atom. The molecule has 2 heterocycles. The van der Waals surface area contributed by atoms with Gasteiger partial charge >= 0.3 is 5.69 Å². The molecule has 0 aliphatic carbocycles. The quantitative estimate of drug-likeness (QED) is 0.453. The van der Waals surface area contributed by atoms with Crippen LogP contribution in [0.4, 0.5) is 8.78 Å². The highest BCUT2D eigenvalue weighted by Crippen LogP contribution is 2.43. The number of aliphatic hydroxyl groups is 2. The van der Waals surface area contributed by atoms with E-state index in [4.69, 9.17) is 0 Å². The van der Waals surface area contributed by atoms with E-state index in [2.05, 4.69) is 4.74 Å². The van der Waals surface area contributed by atoms with E-state index >= 15 is 0 Å². The van der Waals surface area contributed by atoms with Crippen LogP contribution in [0.15, 0.2) is 21.9 Å². The van der Waals surface area contributed by atoms with E-state index in [1.807, 2.05) is 4.98 Å². The first kappa shape index (κ1) is 14.6. The molecule has 10 heteroatoms. The molecule has 1 saturated heterocycles. The summed E-state index contributed by atoms with van der Waals surface area (Å²) in [6.45, 7) is 0. The molecule has 1 aromatic rings. The van der Waals surface area contributed by atoms with Gasteiger partial charge in [-0.25, -0.2) is 13.6 Å². The van der Waals surface area contributed by atoms with Crippen molar-refractivity contribution in [1.82, 2.24) is 9.55 Å². The molecule has 7 nitrogen and oxygen atoms in total. The molecule has 19 heavy (non-hydrogen) atoms. The van der Waals surface area contributed by atoms with Crippen LogP contribution < -0.4 is 11.2 Å². The Labute approximate surface area is 118 Å². The molecule has 1 aromatic heterocycles. The summed E-state index contributed by atoms with van der Waals surface area (Å²) < 4.78 is 31.3. The minimum absolute atomic E-state index is 0.593. The fraction of sp³-hybridized carbons (Fsp3) is 0.556. The van der Waals surface area contributed by atoms with Gasteiger partial charge in [-0.2, -0.15) is 0 Å². The smallest absolute Gasteiger partial charge is 0.330 e. The van der Waals surface area contributed by atoms with Crippen molar-refractivity contribution >= 4 is 22.6 Å². The minimum Gasteiger partial charge on any atom is -0.384 e. The van der Waals surface area contributed by atoms with E-state index in [1.165, 1.54) is 22.6 Å². The zero-order chi connectivity index (χ0) is 14.4. The van der Waals surface area contributed by atoms with E-state index in [9.17, 15) is 28.6 Å². The molecule has 106 valence electrons. The van der Waals surface area contributed by atoms with Gasteiger partial charge in [0.1, 0.15) is 0 Å². The van der Waals surface area contributed by atoms with Crippen LogP contribution in [-0.2, 0) is 4.74 Å². The summed E-state index contributed by atoms with van der Waals surface area (Å²) in [6, 6.07) is 0.919. The summed E-state index contributed by atoms with van der Waals surface area (Å²) in [5.74, 6) is -3.04. The fourth-order valence-electron chi connectivity index (χ4n) is 1.73. The lowest BCUT2D eigenvalue weighted by molar-refractivity contribution is -0.213. The van der Waals surface area contributed by atoms with Crippen LogP contribution in [0.2, 0.25) is 0 Å². The number of nitrogens with one attached hydrogen (secondary N) is 1. The monoisotopic (exact) mass is 390 g/mol. The van der Waals surface area contributed by atoms with E-state index in [-0.39, 0.29) is 0 Å². The zero-order valence-electron chi connectivity index (χ0n) is 9.16. The van der Waals surface area contributed by atoms with Crippen molar-refractivity contribution < 1.29 is 23.7 Å². The second kappa shape index (κ2) is 4.92. The normalized spacial score (nSPS) is 36.4. The highest BCUT2D eigenvalue weighted by atomic mass is 127. The Balaban J connectivity index is 2.42. The van der Waals surface area contributed by atoms with Crippen molar-refractivity contribution in [1.29, 1.82) is 0 Å². The highest BCUT2D eigenvalue weighted by molar-refractivity contribution is 14.1. The number of nitrogens with zero attached hydrogens (tertiary/aromatic N) is 1. The first-order chi connectivity index (χ1) is 8.77. The van der Waals surface area contributed by atoms with Gasteiger partial charge < -0.3 is 14.9 Å². The van der Waals surface area contributed by atoms with Crippen LogP contribution >= 0.6 is 22.6 Å². The summed E-state index contributed by atoms with van der Waals surface area (Å²) in [4.78, 5) is 24.2. The molecule has 1 fully saturated rings. The molecule has 0 saturated carbocycles. The maximum absolute atomic E-state index is 14.1. The molecule has 3 N–H and O–H groups in total. The van der Waals surface area contributed by atoms with Crippen LogP contribution in [0, 0.1) is 0 Å². The van der Waals surface area contributed by atoms with Crippen molar-refractivity contribution in [3.05, 3.63) is 33.1 Å². The Hall–Kier alpha value is -0.850. The van der Waals surface area contributed by atoms with Crippen LogP contribution in [-0.4, -0.2) is 42.0 Å². The lowest BCUT2D eigenvalue weighted by Gasteiger charge is -2.24. The Morgan fingerprint density at radius 2 is 2.21 bits per heavy atom. The number of hydrogen-bond donors (Lipinski definition) is 3. The predicted octanol–water partition coefficient (Wildman–Crippen LogP) is -0.816. The number of aromatic nitrogens is 2. The first-order valence-corrected chi connectivity index (χ1v) is 6.34. The van der Waals surface area contributed by atoms with Crippen LogP contribution in [0.3, 0.4) is 0 Å². The molecule has 5 atom stereocenters. The van der Waals surface area contributed by atoms with E-state index in [0.29, 0.717) is 4.57 Å². The summed E-state index contributed by atoms with van der Waals surface area (Å²) in [7, 11) is 0. The van der Waals surface area contributed by atoms with Gasteiger partial charge in [0, 0.05) is 12.3 Å². The Kier molecular flexibility index (Phi) is 3.77. The molecule has 0 spiro atoms. The van der Waals surface area contributed by atoms with Gasteiger partial charge in [0.05, 0.1) is 0 Å². The molecule has 0 aromatic carbocycles. The SMILES string of the molecule is O=c1ccn([C@@H]2O[C@](F)(C(O)I)[C@@H](O)[C@@H]2F)c(=O)[nH]1. The fourth-order valence-corrected chi connectivity index (χ4v) is 2.24. The van der Waals surface area contributed by atoms with Crippen molar-refractivity contribution in [3.63, 3.8) is 0 Å². The van der Waals surface area contributed by atoms with E-state index < -0.39 is 39.7 Å². The Morgan fingerprint density at radius 1 is 1.58 bits per heavy atom.